The van der Waals surface area contributed by atoms with Crippen LogP contribution >= 0.6 is 0 Å². The lowest BCUT2D eigenvalue weighted by Crippen LogP contribution is -2.37. The van der Waals surface area contributed by atoms with E-state index in [0.29, 0.717) is 18.6 Å². The highest BCUT2D eigenvalue weighted by Crippen LogP contribution is 2.21. The number of hydrogen-bond acceptors (Lipinski definition) is 4. The molecule has 0 amide bonds. The summed E-state index contributed by atoms with van der Waals surface area (Å²) in [4.78, 5) is -0.742. The van der Waals surface area contributed by atoms with Crippen molar-refractivity contribution in [2.24, 2.45) is 0 Å². The number of hydrogen-bond donors (Lipinski definition) is 3. The number of sulfonamides is 1. The Hall–Kier alpha value is -1.25. The molecule has 1 atom stereocenters. The maximum absolute atomic E-state index is 13.4. The van der Waals surface area contributed by atoms with E-state index in [2.05, 4.69) is 4.72 Å². The number of aliphatic hydroxyl groups is 1. The van der Waals surface area contributed by atoms with E-state index in [1.54, 1.807) is 6.92 Å². The van der Waals surface area contributed by atoms with Crippen molar-refractivity contribution >= 4 is 15.7 Å². The normalized spacial score (nSPS) is 13.6. The lowest BCUT2D eigenvalue weighted by atomic mass is 10.3. The van der Waals surface area contributed by atoms with Crippen molar-refractivity contribution in [3.8, 4) is 0 Å². The van der Waals surface area contributed by atoms with Gasteiger partial charge >= 0.3 is 0 Å². The zero-order valence-corrected chi connectivity index (χ0v) is 10.5. The summed E-state index contributed by atoms with van der Waals surface area (Å²) in [5.74, 6) is -2.26. The summed E-state index contributed by atoms with van der Waals surface area (Å²) in [6.07, 6.45) is 0.327. The monoisotopic (exact) mass is 280 g/mol. The molecule has 0 fully saturated rings. The summed E-state index contributed by atoms with van der Waals surface area (Å²) in [5, 5.41) is 8.90. The fourth-order valence-corrected chi connectivity index (χ4v) is 2.69. The highest BCUT2D eigenvalue weighted by Gasteiger charge is 2.23. The van der Waals surface area contributed by atoms with E-state index in [1.165, 1.54) is 0 Å². The van der Waals surface area contributed by atoms with Crippen molar-refractivity contribution in [2.75, 3.05) is 12.3 Å². The van der Waals surface area contributed by atoms with Gasteiger partial charge in [-0.2, -0.15) is 0 Å². The van der Waals surface area contributed by atoms with Crippen LogP contribution in [0.1, 0.15) is 13.3 Å². The van der Waals surface area contributed by atoms with Crippen LogP contribution in [0, 0.1) is 11.6 Å². The molecule has 0 aromatic heterocycles. The van der Waals surface area contributed by atoms with Crippen LogP contribution < -0.4 is 10.5 Å². The van der Waals surface area contributed by atoms with Gasteiger partial charge in [-0.05, 0) is 12.5 Å². The molecule has 0 aliphatic rings. The van der Waals surface area contributed by atoms with E-state index < -0.39 is 44.9 Å². The number of nitrogens with one attached hydrogen (secondary N) is 1. The summed E-state index contributed by atoms with van der Waals surface area (Å²) in [7, 11) is -4.19. The molecule has 0 saturated heterocycles. The van der Waals surface area contributed by atoms with Gasteiger partial charge in [0.2, 0.25) is 10.0 Å². The first-order valence-corrected chi connectivity index (χ1v) is 6.67. The fourth-order valence-electron chi connectivity index (χ4n) is 1.28. The largest absolute Gasteiger partial charge is 0.396 e. The van der Waals surface area contributed by atoms with Gasteiger partial charge in [-0.15, -0.1) is 0 Å². The van der Waals surface area contributed by atoms with Crippen LogP contribution in [0.15, 0.2) is 17.0 Å². The second-order valence-corrected chi connectivity index (χ2v) is 5.40. The first-order chi connectivity index (χ1) is 8.31. The molecule has 0 bridgehead atoms. The topological polar surface area (TPSA) is 92.4 Å². The lowest BCUT2D eigenvalue weighted by molar-refractivity contribution is 0.253. The van der Waals surface area contributed by atoms with E-state index in [4.69, 9.17) is 10.8 Å². The number of halogens is 2. The van der Waals surface area contributed by atoms with Crippen LogP contribution in [-0.4, -0.2) is 26.2 Å². The number of nitrogen functional groups attached to an aromatic ring is 1. The van der Waals surface area contributed by atoms with Crippen LogP contribution in [0.4, 0.5) is 14.5 Å². The third kappa shape index (κ3) is 3.15. The van der Waals surface area contributed by atoms with Crippen LogP contribution in [0.25, 0.3) is 0 Å². The third-order valence-electron chi connectivity index (χ3n) is 2.38. The van der Waals surface area contributed by atoms with E-state index >= 15 is 0 Å². The van der Waals surface area contributed by atoms with Crippen LogP contribution in [0.5, 0.6) is 0 Å². The van der Waals surface area contributed by atoms with Crippen molar-refractivity contribution in [1.29, 1.82) is 0 Å². The second-order valence-electron chi connectivity index (χ2n) is 3.71. The summed E-state index contributed by atoms with van der Waals surface area (Å²) in [5.41, 5.74) is 4.73. The molecule has 8 heteroatoms. The summed E-state index contributed by atoms with van der Waals surface area (Å²) in [6.45, 7) is 1.23. The van der Waals surface area contributed by atoms with Crippen molar-refractivity contribution < 1.29 is 22.3 Å². The molecule has 5 nitrogen and oxygen atoms in total. The Morgan fingerprint density at radius 3 is 2.50 bits per heavy atom. The first-order valence-electron chi connectivity index (χ1n) is 5.19. The fraction of sp³-hybridized carbons (Fsp3) is 0.400. The van der Waals surface area contributed by atoms with Crippen molar-refractivity contribution in [2.45, 2.75) is 24.3 Å². The van der Waals surface area contributed by atoms with Crippen LogP contribution in [0.3, 0.4) is 0 Å². The molecule has 1 aromatic rings. The SMILES string of the molecule is CC[C@H](CO)NS(=O)(=O)c1cc(N)c(F)cc1F. The molecule has 102 valence electrons. The standard InChI is InChI=1S/C10H14F2N2O3S/c1-2-6(5-15)14-18(16,17)10-4-9(13)7(11)3-8(10)12/h3-4,6,14-15H,2,5,13H2,1H3/t6-/m1/s1. The average Bonchev–Trinajstić information content (AvgIpc) is 2.30. The van der Waals surface area contributed by atoms with Gasteiger partial charge in [-0.1, -0.05) is 6.92 Å². The highest BCUT2D eigenvalue weighted by atomic mass is 32.2. The summed E-state index contributed by atoms with van der Waals surface area (Å²) in [6, 6.07) is 0.377. The van der Waals surface area contributed by atoms with Gasteiger partial charge in [-0.3, -0.25) is 0 Å². The Labute approximate surface area is 104 Å². The minimum Gasteiger partial charge on any atom is -0.396 e. The van der Waals surface area contributed by atoms with Crippen molar-refractivity contribution in [3.05, 3.63) is 23.8 Å². The van der Waals surface area contributed by atoms with E-state index in [-0.39, 0.29) is 0 Å². The van der Waals surface area contributed by atoms with Gasteiger partial charge in [0, 0.05) is 12.1 Å². The van der Waals surface area contributed by atoms with Crippen molar-refractivity contribution in [1.82, 2.24) is 4.72 Å². The average molecular weight is 280 g/mol. The number of benzene rings is 1. The quantitative estimate of drug-likeness (QED) is 0.688. The minimum atomic E-state index is -4.19. The zero-order valence-electron chi connectivity index (χ0n) is 9.65. The molecule has 1 rings (SSSR count). The Morgan fingerprint density at radius 1 is 1.39 bits per heavy atom. The molecule has 0 aliphatic heterocycles. The molecule has 0 spiro atoms. The van der Waals surface area contributed by atoms with Crippen LogP contribution in [0.2, 0.25) is 0 Å². The van der Waals surface area contributed by atoms with Crippen molar-refractivity contribution in [3.63, 3.8) is 0 Å². The van der Waals surface area contributed by atoms with E-state index in [1.807, 2.05) is 0 Å². The Balaban J connectivity index is 3.16. The molecular weight excluding hydrogens is 266 g/mol. The minimum absolute atomic E-state index is 0.327. The number of aliphatic hydroxyl groups excluding tert-OH is 1. The maximum atomic E-state index is 13.4. The molecule has 1 aromatic carbocycles. The number of rotatable bonds is 5. The van der Waals surface area contributed by atoms with Gasteiger partial charge in [0.25, 0.3) is 0 Å². The molecule has 0 unspecified atom stereocenters. The number of anilines is 1. The van der Waals surface area contributed by atoms with Gasteiger partial charge in [0.05, 0.1) is 12.3 Å². The maximum Gasteiger partial charge on any atom is 0.243 e. The molecule has 0 saturated carbocycles. The predicted molar refractivity (Wildman–Crippen MR) is 62.3 cm³/mol. The van der Waals surface area contributed by atoms with Gasteiger partial charge < -0.3 is 10.8 Å². The molecule has 0 heterocycles. The molecule has 0 radical (unpaired) electrons. The zero-order chi connectivity index (χ0) is 13.9. The second kappa shape index (κ2) is 5.59. The summed E-state index contributed by atoms with van der Waals surface area (Å²) >= 11 is 0. The molecule has 18 heavy (non-hydrogen) atoms. The lowest BCUT2D eigenvalue weighted by Gasteiger charge is -2.15. The van der Waals surface area contributed by atoms with Gasteiger partial charge in [-0.25, -0.2) is 21.9 Å². The molecule has 4 N–H and O–H groups in total. The van der Waals surface area contributed by atoms with Gasteiger partial charge in [0.15, 0.2) is 0 Å². The van der Waals surface area contributed by atoms with Gasteiger partial charge in [0.1, 0.15) is 16.5 Å². The molecule has 0 aliphatic carbocycles. The third-order valence-corrected chi connectivity index (χ3v) is 3.91. The predicted octanol–water partition coefficient (Wildman–Crippen LogP) is 0.596. The first kappa shape index (κ1) is 14.8. The molecular formula is C10H14F2N2O3S. The Bertz CT molecular complexity index is 530. The Morgan fingerprint density at radius 2 is 2.00 bits per heavy atom. The number of nitrogens with two attached hydrogens (primary N) is 1. The van der Waals surface area contributed by atoms with Crippen LogP contribution in [-0.2, 0) is 10.0 Å². The highest BCUT2D eigenvalue weighted by molar-refractivity contribution is 7.89. The smallest absolute Gasteiger partial charge is 0.243 e. The Kier molecular flexibility index (Phi) is 4.60. The van der Waals surface area contributed by atoms with E-state index in [9.17, 15) is 17.2 Å². The summed E-state index contributed by atoms with van der Waals surface area (Å²) < 4.78 is 52.0. The van der Waals surface area contributed by atoms with E-state index in [0.717, 1.165) is 0 Å².